The minimum Gasteiger partial charge on any atom is -0.493 e. The molecule has 46 heavy (non-hydrogen) atoms. The summed E-state index contributed by atoms with van der Waals surface area (Å²) in [7, 11) is -1.31. The first-order chi connectivity index (χ1) is 22.1. The average molecular weight is 644 g/mol. The summed E-state index contributed by atoms with van der Waals surface area (Å²) in [4.78, 5) is 29.7. The van der Waals surface area contributed by atoms with Crippen LogP contribution < -0.4 is 19.1 Å². The normalized spacial score (nSPS) is 11.8. The molecule has 0 aliphatic carbocycles. The van der Waals surface area contributed by atoms with Gasteiger partial charge in [-0.3, -0.25) is 13.9 Å². The van der Waals surface area contributed by atoms with Crippen LogP contribution in [0.1, 0.15) is 29.2 Å². The molecule has 4 aromatic rings. The molecule has 0 heterocycles. The van der Waals surface area contributed by atoms with Crippen LogP contribution in [-0.4, -0.2) is 58.5 Å². The molecule has 10 heteroatoms. The molecule has 0 aromatic heterocycles. The van der Waals surface area contributed by atoms with E-state index in [0.29, 0.717) is 18.0 Å². The SMILES string of the molecule is CCNC(=O)[C@H](Cc1ccccc1)N(Cc1cccc(C)c1)C(=O)CN(c1ccc(OC)c(OC)c1)S(=O)(=O)c1ccc(C)cc1. The van der Waals surface area contributed by atoms with Crippen LogP contribution in [0.5, 0.6) is 11.5 Å². The molecular formula is C36H41N3O6S. The van der Waals surface area contributed by atoms with E-state index in [0.717, 1.165) is 26.6 Å². The summed E-state index contributed by atoms with van der Waals surface area (Å²) in [5.41, 5.74) is 3.78. The lowest BCUT2D eigenvalue weighted by molar-refractivity contribution is -0.140. The highest BCUT2D eigenvalue weighted by Gasteiger charge is 2.35. The predicted octanol–water partition coefficient (Wildman–Crippen LogP) is 5.29. The molecule has 0 aliphatic rings. The van der Waals surface area contributed by atoms with Crippen LogP contribution in [0.3, 0.4) is 0 Å². The second-order valence-electron chi connectivity index (χ2n) is 11.0. The fraction of sp³-hybridized carbons (Fsp3) is 0.278. The first-order valence-corrected chi connectivity index (χ1v) is 16.5. The number of ether oxygens (including phenoxy) is 2. The number of benzene rings is 4. The highest BCUT2D eigenvalue weighted by atomic mass is 32.2. The summed E-state index contributed by atoms with van der Waals surface area (Å²) < 4.78 is 40.4. The minimum atomic E-state index is -4.25. The Kier molecular flexibility index (Phi) is 11.4. The number of nitrogens with one attached hydrogen (secondary N) is 1. The van der Waals surface area contributed by atoms with E-state index in [-0.39, 0.29) is 29.5 Å². The van der Waals surface area contributed by atoms with Gasteiger partial charge in [0.25, 0.3) is 10.0 Å². The topological polar surface area (TPSA) is 105 Å². The van der Waals surface area contributed by atoms with Gasteiger partial charge in [-0.25, -0.2) is 8.42 Å². The van der Waals surface area contributed by atoms with Crippen molar-refractivity contribution in [2.75, 3.05) is 31.6 Å². The molecule has 1 N–H and O–H groups in total. The van der Waals surface area contributed by atoms with Crippen LogP contribution in [0.4, 0.5) is 5.69 Å². The van der Waals surface area contributed by atoms with Crippen molar-refractivity contribution in [3.63, 3.8) is 0 Å². The molecule has 1 atom stereocenters. The van der Waals surface area contributed by atoms with E-state index in [4.69, 9.17) is 9.47 Å². The van der Waals surface area contributed by atoms with Crippen LogP contribution in [0.2, 0.25) is 0 Å². The van der Waals surface area contributed by atoms with E-state index in [1.807, 2.05) is 75.4 Å². The van der Waals surface area contributed by atoms with Crippen molar-refractivity contribution in [3.8, 4) is 11.5 Å². The Morgan fingerprint density at radius 2 is 1.46 bits per heavy atom. The monoisotopic (exact) mass is 643 g/mol. The van der Waals surface area contributed by atoms with E-state index in [2.05, 4.69) is 5.32 Å². The second-order valence-corrected chi connectivity index (χ2v) is 12.8. The third kappa shape index (κ3) is 8.25. The number of rotatable bonds is 14. The first-order valence-electron chi connectivity index (χ1n) is 15.1. The Bertz CT molecular complexity index is 1740. The fourth-order valence-corrected chi connectivity index (χ4v) is 6.61. The molecule has 2 amide bonds. The first kappa shape index (κ1) is 34.1. The van der Waals surface area contributed by atoms with Crippen LogP contribution in [0.25, 0.3) is 0 Å². The van der Waals surface area contributed by atoms with Crippen molar-refractivity contribution >= 4 is 27.5 Å². The number of methoxy groups -OCH3 is 2. The molecule has 0 fully saturated rings. The molecule has 0 saturated heterocycles. The molecule has 0 saturated carbocycles. The Labute approximate surface area is 271 Å². The third-order valence-electron chi connectivity index (χ3n) is 7.60. The van der Waals surface area contributed by atoms with Gasteiger partial charge in [-0.05, 0) is 56.2 Å². The standard InChI is InChI=1S/C36H41N3O6S/c1-6-37-36(41)32(22-28-12-8-7-9-13-28)38(24-29-14-10-11-27(3)21-29)35(40)25-39(30-17-20-33(44-4)34(23-30)45-5)46(42,43)31-18-15-26(2)16-19-31/h7-21,23,32H,6,22,24-25H2,1-5H3,(H,37,41)/t32-/m0/s1. The lowest BCUT2D eigenvalue weighted by Gasteiger charge is -2.34. The van der Waals surface area contributed by atoms with E-state index in [1.165, 1.54) is 37.3 Å². The maximum absolute atomic E-state index is 14.6. The lowest BCUT2D eigenvalue weighted by Crippen LogP contribution is -2.53. The van der Waals surface area contributed by atoms with Crippen LogP contribution in [-0.2, 0) is 32.6 Å². The van der Waals surface area contributed by atoms with Crippen molar-refractivity contribution in [1.29, 1.82) is 0 Å². The predicted molar refractivity (Wildman–Crippen MR) is 180 cm³/mol. The van der Waals surface area contributed by atoms with Crippen LogP contribution >= 0.6 is 0 Å². The summed E-state index contributed by atoms with van der Waals surface area (Å²) in [6.45, 7) is 5.53. The number of hydrogen-bond acceptors (Lipinski definition) is 6. The van der Waals surface area contributed by atoms with Crippen molar-refractivity contribution in [2.24, 2.45) is 0 Å². The zero-order chi connectivity index (χ0) is 33.3. The second kappa shape index (κ2) is 15.4. The average Bonchev–Trinajstić information content (AvgIpc) is 3.05. The highest BCUT2D eigenvalue weighted by Crippen LogP contribution is 2.34. The largest absolute Gasteiger partial charge is 0.493 e. The highest BCUT2D eigenvalue weighted by molar-refractivity contribution is 7.92. The zero-order valence-electron chi connectivity index (χ0n) is 26.9. The summed E-state index contributed by atoms with van der Waals surface area (Å²) in [5, 5.41) is 2.88. The van der Waals surface area contributed by atoms with Gasteiger partial charge in [0, 0.05) is 25.6 Å². The third-order valence-corrected chi connectivity index (χ3v) is 9.39. The minimum absolute atomic E-state index is 0.0236. The number of carbonyl (C=O) groups is 2. The number of anilines is 1. The molecule has 0 unspecified atom stereocenters. The molecule has 9 nitrogen and oxygen atoms in total. The Hall–Kier alpha value is -4.83. The molecule has 4 aromatic carbocycles. The molecule has 242 valence electrons. The molecular weight excluding hydrogens is 602 g/mol. The Morgan fingerprint density at radius 3 is 2.09 bits per heavy atom. The number of aryl methyl sites for hydroxylation is 2. The van der Waals surface area contributed by atoms with Crippen molar-refractivity contribution in [2.45, 2.75) is 44.7 Å². The van der Waals surface area contributed by atoms with Gasteiger partial charge >= 0.3 is 0 Å². The van der Waals surface area contributed by atoms with Crippen molar-refractivity contribution < 1.29 is 27.5 Å². The quantitative estimate of drug-likeness (QED) is 0.200. The van der Waals surface area contributed by atoms with E-state index < -0.39 is 28.5 Å². The van der Waals surface area contributed by atoms with Crippen molar-refractivity contribution in [1.82, 2.24) is 10.2 Å². The summed E-state index contributed by atoms with van der Waals surface area (Å²) in [6.07, 6.45) is 0.241. The summed E-state index contributed by atoms with van der Waals surface area (Å²) in [6, 6.07) is 27.3. The maximum atomic E-state index is 14.6. The Balaban J connectivity index is 1.83. The number of nitrogens with zero attached hydrogens (tertiary/aromatic N) is 2. The van der Waals surface area contributed by atoms with E-state index in [1.54, 1.807) is 24.3 Å². The maximum Gasteiger partial charge on any atom is 0.264 e. The number of carbonyl (C=O) groups excluding carboxylic acids is 2. The van der Waals surface area contributed by atoms with Crippen LogP contribution in [0, 0.1) is 13.8 Å². The number of likely N-dealkylation sites (N-methyl/N-ethyl adjacent to an activating group) is 1. The number of sulfonamides is 1. The van der Waals surface area contributed by atoms with Gasteiger partial charge in [-0.1, -0.05) is 77.9 Å². The molecule has 0 spiro atoms. The zero-order valence-corrected chi connectivity index (χ0v) is 27.7. The van der Waals surface area contributed by atoms with Crippen molar-refractivity contribution in [3.05, 3.63) is 119 Å². The lowest BCUT2D eigenvalue weighted by atomic mass is 10.0. The Morgan fingerprint density at radius 1 is 0.783 bits per heavy atom. The van der Waals surface area contributed by atoms with Gasteiger partial charge in [0.15, 0.2) is 11.5 Å². The molecule has 4 rings (SSSR count). The smallest absolute Gasteiger partial charge is 0.264 e. The summed E-state index contributed by atoms with van der Waals surface area (Å²) >= 11 is 0. The molecule has 0 aliphatic heterocycles. The fourth-order valence-electron chi connectivity index (χ4n) is 5.20. The van der Waals surface area contributed by atoms with Gasteiger partial charge < -0.3 is 19.7 Å². The molecule has 0 radical (unpaired) electrons. The van der Waals surface area contributed by atoms with Gasteiger partial charge in [0.1, 0.15) is 12.6 Å². The molecule has 0 bridgehead atoms. The van der Waals surface area contributed by atoms with Gasteiger partial charge in [0.05, 0.1) is 24.8 Å². The number of amides is 2. The van der Waals surface area contributed by atoms with Gasteiger partial charge in [-0.2, -0.15) is 0 Å². The van der Waals surface area contributed by atoms with E-state index >= 15 is 0 Å². The number of hydrogen-bond donors (Lipinski definition) is 1. The van der Waals surface area contributed by atoms with E-state index in [9.17, 15) is 18.0 Å². The van der Waals surface area contributed by atoms with Gasteiger partial charge in [0.2, 0.25) is 11.8 Å². The van der Waals surface area contributed by atoms with Crippen LogP contribution in [0.15, 0.2) is 102 Å². The van der Waals surface area contributed by atoms with Gasteiger partial charge in [-0.15, -0.1) is 0 Å². The summed E-state index contributed by atoms with van der Waals surface area (Å²) in [5.74, 6) is -0.159.